The number of piperidine rings is 1. The van der Waals surface area contributed by atoms with Crippen molar-refractivity contribution < 1.29 is 9.59 Å². The second-order valence-corrected chi connectivity index (χ2v) is 5.30. The lowest BCUT2D eigenvalue weighted by atomic mass is 9.93. The zero-order valence-corrected chi connectivity index (χ0v) is 11.4. The van der Waals surface area contributed by atoms with Gasteiger partial charge < -0.3 is 9.80 Å². The standard InChI is InChI=1S/C13H22N2O2/c1-6-13(2,3)15-8-7-11(16)10(12(15)17)9-14(4)5/h9H,6-8H2,1-5H3/b10-9-. The smallest absolute Gasteiger partial charge is 0.259 e. The highest BCUT2D eigenvalue weighted by molar-refractivity contribution is 6.20. The van der Waals surface area contributed by atoms with Crippen LogP contribution in [0.2, 0.25) is 0 Å². The summed E-state index contributed by atoms with van der Waals surface area (Å²) in [6.45, 7) is 6.66. The molecule has 1 saturated heterocycles. The van der Waals surface area contributed by atoms with Gasteiger partial charge in [-0.05, 0) is 20.3 Å². The second-order valence-electron chi connectivity index (χ2n) is 5.30. The molecule has 96 valence electrons. The topological polar surface area (TPSA) is 40.6 Å². The summed E-state index contributed by atoms with van der Waals surface area (Å²) >= 11 is 0. The quantitative estimate of drug-likeness (QED) is 0.551. The third-order valence-corrected chi connectivity index (χ3v) is 3.32. The number of carbonyl (C=O) groups excluding carboxylic acids is 2. The summed E-state index contributed by atoms with van der Waals surface area (Å²) in [7, 11) is 3.63. The van der Waals surface area contributed by atoms with Crippen molar-refractivity contribution in [3.8, 4) is 0 Å². The lowest BCUT2D eigenvalue weighted by molar-refractivity contribution is -0.138. The van der Waals surface area contributed by atoms with Crippen molar-refractivity contribution in [3.05, 3.63) is 11.8 Å². The molecule has 0 spiro atoms. The van der Waals surface area contributed by atoms with E-state index in [9.17, 15) is 9.59 Å². The Kier molecular flexibility index (Phi) is 3.96. The van der Waals surface area contributed by atoms with Crippen LogP contribution in [-0.4, -0.2) is 47.7 Å². The minimum atomic E-state index is -0.191. The van der Waals surface area contributed by atoms with Gasteiger partial charge in [0.05, 0.1) is 5.57 Å². The Bertz CT molecular complexity index is 356. The van der Waals surface area contributed by atoms with E-state index in [1.54, 1.807) is 11.1 Å². The number of amides is 1. The molecule has 0 unspecified atom stereocenters. The van der Waals surface area contributed by atoms with E-state index in [0.717, 1.165) is 6.42 Å². The molecule has 0 aliphatic carbocycles. The van der Waals surface area contributed by atoms with Crippen molar-refractivity contribution >= 4 is 11.7 Å². The van der Waals surface area contributed by atoms with Crippen molar-refractivity contribution in [2.75, 3.05) is 20.6 Å². The average Bonchev–Trinajstić information content (AvgIpc) is 2.23. The van der Waals surface area contributed by atoms with Gasteiger partial charge in [-0.2, -0.15) is 0 Å². The molecule has 0 aromatic heterocycles. The Balaban J connectivity index is 3.02. The summed E-state index contributed by atoms with van der Waals surface area (Å²) < 4.78 is 0. The molecule has 0 N–H and O–H groups in total. The van der Waals surface area contributed by atoms with Crippen LogP contribution in [0.25, 0.3) is 0 Å². The predicted molar refractivity (Wildman–Crippen MR) is 67.5 cm³/mol. The summed E-state index contributed by atoms with van der Waals surface area (Å²) in [6, 6.07) is 0. The lowest BCUT2D eigenvalue weighted by Crippen LogP contribution is -2.52. The van der Waals surface area contributed by atoms with Crippen molar-refractivity contribution in [1.29, 1.82) is 0 Å². The minimum absolute atomic E-state index is 0.0492. The maximum Gasteiger partial charge on any atom is 0.259 e. The van der Waals surface area contributed by atoms with Crippen LogP contribution in [0.3, 0.4) is 0 Å². The molecular formula is C13H22N2O2. The van der Waals surface area contributed by atoms with Crippen molar-refractivity contribution in [2.24, 2.45) is 0 Å². The first-order valence-electron chi connectivity index (χ1n) is 6.03. The van der Waals surface area contributed by atoms with Gasteiger partial charge in [0.25, 0.3) is 5.91 Å². The Labute approximate surface area is 103 Å². The van der Waals surface area contributed by atoms with Crippen molar-refractivity contribution in [3.63, 3.8) is 0 Å². The molecular weight excluding hydrogens is 216 g/mol. The van der Waals surface area contributed by atoms with Crippen LogP contribution in [-0.2, 0) is 9.59 Å². The van der Waals surface area contributed by atoms with E-state index in [2.05, 4.69) is 6.92 Å². The highest BCUT2D eigenvalue weighted by Crippen LogP contribution is 2.25. The summed E-state index contributed by atoms with van der Waals surface area (Å²) in [5, 5.41) is 0. The summed E-state index contributed by atoms with van der Waals surface area (Å²) in [5.74, 6) is -0.186. The van der Waals surface area contributed by atoms with Gasteiger partial charge in [-0.25, -0.2) is 0 Å². The van der Waals surface area contributed by atoms with Crippen LogP contribution in [0.1, 0.15) is 33.6 Å². The van der Waals surface area contributed by atoms with Gasteiger partial charge in [-0.15, -0.1) is 0 Å². The second kappa shape index (κ2) is 4.90. The van der Waals surface area contributed by atoms with Crippen LogP contribution in [0.4, 0.5) is 0 Å². The van der Waals surface area contributed by atoms with E-state index < -0.39 is 0 Å². The molecule has 1 amide bonds. The summed E-state index contributed by atoms with van der Waals surface area (Å²) in [5.41, 5.74) is 0.117. The Morgan fingerprint density at radius 3 is 2.41 bits per heavy atom. The van der Waals surface area contributed by atoms with Gasteiger partial charge >= 0.3 is 0 Å². The maximum atomic E-state index is 12.3. The van der Waals surface area contributed by atoms with Crippen LogP contribution in [0.5, 0.6) is 0 Å². The van der Waals surface area contributed by atoms with E-state index in [-0.39, 0.29) is 17.2 Å². The molecule has 4 heteroatoms. The van der Waals surface area contributed by atoms with Gasteiger partial charge in [0.1, 0.15) is 0 Å². The van der Waals surface area contributed by atoms with Gasteiger partial charge in [0.2, 0.25) is 0 Å². The monoisotopic (exact) mass is 238 g/mol. The third-order valence-electron chi connectivity index (χ3n) is 3.32. The van der Waals surface area contributed by atoms with Gasteiger partial charge in [0.15, 0.2) is 5.78 Å². The van der Waals surface area contributed by atoms with Crippen LogP contribution < -0.4 is 0 Å². The first kappa shape index (κ1) is 13.7. The molecule has 1 aliphatic heterocycles. The molecule has 0 aromatic rings. The molecule has 17 heavy (non-hydrogen) atoms. The fourth-order valence-corrected chi connectivity index (χ4v) is 1.87. The summed E-state index contributed by atoms with van der Waals surface area (Å²) in [4.78, 5) is 27.6. The summed E-state index contributed by atoms with van der Waals surface area (Å²) in [6.07, 6.45) is 2.93. The fraction of sp³-hybridized carbons (Fsp3) is 0.692. The zero-order chi connectivity index (χ0) is 13.2. The van der Waals surface area contributed by atoms with E-state index in [1.165, 1.54) is 0 Å². The molecule has 0 bridgehead atoms. The largest absolute Gasteiger partial charge is 0.383 e. The van der Waals surface area contributed by atoms with E-state index in [1.807, 2.05) is 32.8 Å². The number of carbonyl (C=O) groups is 2. The SMILES string of the molecule is CCC(C)(C)N1CCC(=O)/C(=C/N(C)C)C1=O. The molecule has 0 saturated carbocycles. The molecule has 0 radical (unpaired) electrons. The number of hydrogen-bond acceptors (Lipinski definition) is 3. The highest BCUT2D eigenvalue weighted by Gasteiger charge is 2.37. The van der Waals surface area contributed by atoms with E-state index in [0.29, 0.717) is 18.5 Å². The van der Waals surface area contributed by atoms with Crippen molar-refractivity contribution in [1.82, 2.24) is 9.80 Å². The zero-order valence-electron chi connectivity index (χ0n) is 11.4. The molecule has 4 nitrogen and oxygen atoms in total. The van der Waals surface area contributed by atoms with Gasteiger partial charge in [0, 0.05) is 38.8 Å². The van der Waals surface area contributed by atoms with Crippen LogP contribution >= 0.6 is 0 Å². The molecule has 1 fully saturated rings. The predicted octanol–water partition coefficient (Wildman–Crippen LogP) is 1.42. The fourth-order valence-electron chi connectivity index (χ4n) is 1.87. The average molecular weight is 238 g/mol. The normalized spacial score (nSPS) is 20.1. The van der Waals surface area contributed by atoms with E-state index in [4.69, 9.17) is 0 Å². The Hall–Kier alpha value is -1.32. The number of ketones is 1. The number of rotatable bonds is 3. The molecule has 0 aromatic carbocycles. The Morgan fingerprint density at radius 2 is 1.94 bits per heavy atom. The number of nitrogens with zero attached hydrogens (tertiary/aromatic N) is 2. The van der Waals surface area contributed by atoms with E-state index >= 15 is 0 Å². The number of hydrogen-bond donors (Lipinski definition) is 0. The molecule has 1 rings (SSSR count). The van der Waals surface area contributed by atoms with Crippen LogP contribution in [0, 0.1) is 0 Å². The third kappa shape index (κ3) is 2.87. The van der Waals surface area contributed by atoms with Crippen LogP contribution in [0.15, 0.2) is 11.8 Å². The Morgan fingerprint density at radius 1 is 1.35 bits per heavy atom. The van der Waals surface area contributed by atoms with Gasteiger partial charge in [-0.3, -0.25) is 9.59 Å². The first-order chi connectivity index (χ1) is 7.79. The molecule has 1 aliphatic rings. The van der Waals surface area contributed by atoms with Crippen molar-refractivity contribution in [2.45, 2.75) is 39.2 Å². The lowest BCUT2D eigenvalue weighted by Gasteiger charge is -2.40. The highest BCUT2D eigenvalue weighted by atomic mass is 16.2. The minimum Gasteiger partial charge on any atom is -0.383 e. The first-order valence-corrected chi connectivity index (χ1v) is 6.03. The maximum absolute atomic E-state index is 12.3. The number of Topliss-reactive ketones (excluding diaryl/α,β-unsaturated/α-hetero) is 1. The molecule has 1 heterocycles. The van der Waals surface area contributed by atoms with Gasteiger partial charge in [-0.1, -0.05) is 6.92 Å². The molecule has 0 atom stereocenters. The number of likely N-dealkylation sites (tertiary alicyclic amines) is 1.